The summed E-state index contributed by atoms with van der Waals surface area (Å²) < 4.78 is 32.0. The fourth-order valence-corrected chi connectivity index (χ4v) is 2.29. The summed E-state index contributed by atoms with van der Waals surface area (Å²) in [6, 6.07) is -0.384. The summed E-state index contributed by atoms with van der Waals surface area (Å²) in [6.45, 7) is 0.453. The van der Waals surface area contributed by atoms with E-state index >= 15 is 0 Å². The van der Waals surface area contributed by atoms with Gasteiger partial charge in [0, 0.05) is 20.2 Å². The Kier molecular flexibility index (Phi) is 3.60. The molecule has 2 N–H and O–H groups in total. The van der Waals surface area contributed by atoms with Gasteiger partial charge in [-0.1, -0.05) is 0 Å². The van der Waals surface area contributed by atoms with Gasteiger partial charge >= 0.3 is 0 Å². The Bertz CT molecular complexity index is 295. The highest BCUT2D eigenvalue weighted by Crippen LogP contribution is 2.29. The van der Waals surface area contributed by atoms with Crippen LogP contribution in [-0.4, -0.2) is 55.6 Å². The van der Waals surface area contributed by atoms with Gasteiger partial charge in [0.15, 0.2) is 0 Å². The Balaban J connectivity index is 1.97. The van der Waals surface area contributed by atoms with Crippen molar-refractivity contribution in [2.24, 2.45) is 0 Å². The predicted molar refractivity (Wildman–Crippen MR) is 56.5 cm³/mol. The van der Waals surface area contributed by atoms with E-state index in [2.05, 4.69) is 10.9 Å². The molecule has 0 spiro atoms. The summed E-state index contributed by atoms with van der Waals surface area (Å²) in [7, 11) is 1.28. The summed E-state index contributed by atoms with van der Waals surface area (Å²) in [5.74, 6) is -3.22. The second-order valence-electron chi connectivity index (χ2n) is 4.45. The molecule has 2 atom stereocenters. The molecule has 7 heteroatoms. The van der Waals surface area contributed by atoms with E-state index in [-0.39, 0.29) is 18.4 Å². The van der Waals surface area contributed by atoms with Crippen LogP contribution in [0.1, 0.15) is 12.8 Å². The Morgan fingerprint density at radius 3 is 2.76 bits per heavy atom. The highest BCUT2D eigenvalue weighted by atomic mass is 19.3. The lowest BCUT2D eigenvalue weighted by Crippen LogP contribution is -2.57. The van der Waals surface area contributed by atoms with Crippen molar-refractivity contribution in [3.8, 4) is 0 Å². The van der Waals surface area contributed by atoms with Gasteiger partial charge in [0.1, 0.15) is 12.1 Å². The number of hydrogen-bond donors (Lipinski definition) is 2. The largest absolute Gasteiger partial charge is 0.375 e. The van der Waals surface area contributed by atoms with Crippen molar-refractivity contribution in [2.75, 3.05) is 26.7 Å². The minimum atomic E-state index is -2.96. The first-order chi connectivity index (χ1) is 8.04. The number of likely N-dealkylation sites (tertiary alicyclic amines) is 1. The van der Waals surface area contributed by atoms with Gasteiger partial charge in [-0.05, 0) is 12.8 Å². The van der Waals surface area contributed by atoms with Crippen molar-refractivity contribution in [1.82, 2.24) is 15.8 Å². The number of nitrogens with one attached hydrogen (secondary N) is 2. The molecule has 2 fully saturated rings. The first kappa shape index (κ1) is 12.7. The van der Waals surface area contributed by atoms with Gasteiger partial charge in [-0.15, -0.1) is 0 Å². The summed E-state index contributed by atoms with van der Waals surface area (Å²) in [5.41, 5.74) is 5.61. The molecule has 98 valence electrons. The molecule has 5 nitrogen and oxygen atoms in total. The molecule has 2 rings (SSSR count). The van der Waals surface area contributed by atoms with Crippen LogP contribution in [0.5, 0.6) is 0 Å². The fourth-order valence-electron chi connectivity index (χ4n) is 2.29. The maximum atomic E-state index is 13.6. The third kappa shape index (κ3) is 2.56. The Hall–Kier alpha value is -0.790. The average molecular weight is 249 g/mol. The van der Waals surface area contributed by atoms with E-state index in [1.54, 1.807) is 0 Å². The van der Waals surface area contributed by atoms with Crippen LogP contribution >= 0.6 is 0 Å². The third-order valence-corrected chi connectivity index (χ3v) is 3.26. The van der Waals surface area contributed by atoms with Crippen molar-refractivity contribution in [3.63, 3.8) is 0 Å². The second-order valence-corrected chi connectivity index (χ2v) is 4.45. The molecule has 0 aromatic rings. The summed E-state index contributed by atoms with van der Waals surface area (Å²) in [5, 5.41) is 0. The normalized spacial score (nSPS) is 32.8. The molecular formula is C10H17F2N3O2. The molecule has 2 saturated heterocycles. The Morgan fingerprint density at radius 1 is 1.47 bits per heavy atom. The highest BCUT2D eigenvalue weighted by Gasteiger charge is 2.47. The number of hydrogen-bond acceptors (Lipinski definition) is 4. The third-order valence-electron chi connectivity index (χ3n) is 3.26. The van der Waals surface area contributed by atoms with Gasteiger partial charge < -0.3 is 9.64 Å². The SMILES string of the molecule is CO[C@H]1CCN(C(=O)C2CCNN2)CC1(F)F. The zero-order chi connectivity index (χ0) is 12.5. The van der Waals surface area contributed by atoms with E-state index in [1.165, 1.54) is 12.0 Å². The quantitative estimate of drug-likeness (QED) is 0.708. The smallest absolute Gasteiger partial charge is 0.290 e. The van der Waals surface area contributed by atoms with Crippen molar-refractivity contribution >= 4 is 5.91 Å². The molecule has 0 aromatic heterocycles. The van der Waals surface area contributed by atoms with Gasteiger partial charge in [-0.25, -0.2) is 14.2 Å². The number of rotatable bonds is 2. The molecule has 0 aromatic carbocycles. The lowest BCUT2D eigenvalue weighted by atomic mass is 10.0. The number of amides is 1. The lowest BCUT2D eigenvalue weighted by molar-refractivity contribution is -0.173. The number of carbonyl (C=O) groups is 1. The van der Waals surface area contributed by atoms with Crippen LogP contribution in [0.25, 0.3) is 0 Å². The molecular weight excluding hydrogens is 232 g/mol. The molecule has 17 heavy (non-hydrogen) atoms. The molecule has 1 amide bonds. The van der Waals surface area contributed by atoms with E-state index in [0.29, 0.717) is 19.5 Å². The maximum Gasteiger partial charge on any atom is 0.290 e. The number of carbonyl (C=O) groups excluding carboxylic acids is 1. The minimum absolute atomic E-state index is 0.176. The molecule has 1 unspecified atom stereocenters. The van der Waals surface area contributed by atoms with E-state index in [4.69, 9.17) is 4.74 Å². The zero-order valence-corrected chi connectivity index (χ0v) is 9.71. The number of halogens is 2. The van der Waals surface area contributed by atoms with Crippen molar-refractivity contribution in [1.29, 1.82) is 0 Å². The van der Waals surface area contributed by atoms with E-state index in [9.17, 15) is 13.6 Å². The highest BCUT2D eigenvalue weighted by molar-refractivity contribution is 5.82. The van der Waals surface area contributed by atoms with E-state index in [0.717, 1.165) is 0 Å². The van der Waals surface area contributed by atoms with Gasteiger partial charge in [0.05, 0.1) is 6.54 Å². The monoisotopic (exact) mass is 249 g/mol. The number of methoxy groups -OCH3 is 1. The van der Waals surface area contributed by atoms with E-state index in [1.807, 2.05) is 0 Å². The predicted octanol–water partition coefficient (Wildman–Crippen LogP) is -0.264. The fraction of sp³-hybridized carbons (Fsp3) is 0.900. The van der Waals surface area contributed by atoms with Crippen LogP contribution in [-0.2, 0) is 9.53 Å². The van der Waals surface area contributed by atoms with Gasteiger partial charge in [0.2, 0.25) is 5.91 Å². The number of alkyl halides is 2. The Labute approximate surface area is 98.4 Å². The number of ether oxygens (including phenoxy) is 1. The van der Waals surface area contributed by atoms with Gasteiger partial charge in [-0.3, -0.25) is 10.2 Å². The summed E-state index contributed by atoms with van der Waals surface area (Å²) in [6.07, 6.45) is -0.273. The first-order valence-electron chi connectivity index (χ1n) is 5.72. The molecule has 0 saturated carbocycles. The zero-order valence-electron chi connectivity index (χ0n) is 9.71. The second kappa shape index (κ2) is 4.83. The molecule has 0 radical (unpaired) electrons. The van der Waals surface area contributed by atoms with Crippen LogP contribution in [0.3, 0.4) is 0 Å². The van der Waals surface area contributed by atoms with Crippen LogP contribution in [0.2, 0.25) is 0 Å². The summed E-state index contributed by atoms with van der Waals surface area (Å²) >= 11 is 0. The van der Waals surface area contributed by atoms with Crippen molar-refractivity contribution in [2.45, 2.75) is 30.9 Å². The number of nitrogens with zero attached hydrogens (tertiary/aromatic N) is 1. The summed E-state index contributed by atoms with van der Waals surface area (Å²) in [4.78, 5) is 13.2. The molecule has 0 bridgehead atoms. The molecule has 0 aliphatic carbocycles. The van der Waals surface area contributed by atoms with Gasteiger partial charge in [0.25, 0.3) is 5.92 Å². The standard InChI is InChI=1S/C10H17F2N3O2/c1-17-8-3-5-15(6-10(8,11)12)9(16)7-2-4-13-14-7/h7-8,13-14H,2-6H2,1H3/t7?,8-/m0/s1. The lowest BCUT2D eigenvalue weighted by Gasteiger charge is -2.38. The van der Waals surface area contributed by atoms with Crippen LogP contribution in [0.4, 0.5) is 8.78 Å². The molecule has 2 aliphatic heterocycles. The molecule has 2 heterocycles. The van der Waals surface area contributed by atoms with Crippen molar-refractivity contribution in [3.05, 3.63) is 0 Å². The van der Waals surface area contributed by atoms with E-state index < -0.39 is 18.6 Å². The van der Waals surface area contributed by atoms with Crippen LogP contribution < -0.4 is 10.9 Å². The maximum absolute atomic E-state index is 13.6. The molecule has 2 aliphatic rings. The Morgan fingerprint density at radius 2 is 2.24 bits per heavy atom. The average Bonchev–Trinajstić information content (AvgIpc) is 2.80. The van der Waals surface area contributed by atoms with Crippen LogP contribution in [0.15, 0.2) is 0 Å². The minimum Gasteiger partial charge on any atom is -0.375 e. The topological polar surface area (TPSA) is 53.6 Å². The van der Waals surface area contributed by atoms with Crippen LogP contribution in [0, 0.1) is 0 Å². The van der Waals surface area contributed by atoms with Gasteiger partial charge in [-0.2, -0.15) is 0 Å². The van der Waals surface area contributed by atoms with Crippen molar-refractivity contribution < 1.29 is 18.3 Å². The number of piperidine rings is 1. The first-order valence-corrected chi connectivity index (χ1v) is 5.72. The number of hydrazine groups is 1.